The molecule has 4 rings (SSSR count). The van der Waals surface area contributed by atoms with E-state index in [1.807, 2.05) is 0 Å². The molecule has 0 bridgehead atoms. The van der Waals surface area contributed by atoms with Gasteiger partial charge in [0.2, 0.25) is 0 Å². The zero-order valence-electron chi connectivity index (χ0n) is 18.3. The molecule has 0 saturated carbocycles. The molecule has 0 aliphatic carbocycles. The third kappa shape index (κ3) is 7.22. The molecule has 0 fully saturated rings. The number of benzene rings is 4. The van der Waals surface area contributed by atoms with Crippen LogP contribution in [0.1, 0.15) is 51.9 Å². The number of anilines is 1. The lowest BCUT2D eigenvalue weighted by atomic mass is 10.0. The molecule has 0 atom stereocenters. The third-order valence-electron chi connectivity index (χ3n) is 5.50. The first-order chi connectivity index (χ1) is 14.9. The molecule has 0 aliphatic heterocycles. The third-order valence-corrected chi connectivity index (χ3v) is 5.50. The van der Waals surface area contributed by atoms with Crippen LogP contribution in [0.2, 0.25) is 0 Å². The summed E-state index contributed by atoms with van der Waals surface area (Å²) in [6.07, 6.45) is 9.64. The first kappa shape index (κ1) is 21.9. The molecule has 0 heterocycles. The van der Waals surface area contributed by atoms with Crippen LogP contribution in [0.5, 0.6) is 0 Å². The van der Waals surface area contributed by atoms with Crippen LogP contribution in [0.15, 0.2) is 91.0 Å². The van der Waals surface area contributed by atoms with Crippen molar-refractivity contribution < 1.29 is 0 Å². The van der Waals surface area contributed by atoms with Crippen molar-refractivity contribution in [3.05, 3.63) is 91.0 Å². The number of rotatable bonds is 9. The van der Waals surface area contributed by atoms with Crippen molar-refractivity contribution in [2.24, 2.45) is 0 Å². The molecule has 4 aromatic rings. The summed E-state index contributed by atoms with van der Waals surface area (Å²) in [6, 6.07) is 31.9. The highest BCUT2D eigenvalue weighted by molar-refractivity contribution is 5.98. The number of fused-ring (bicyclic) bond motifs is 2. The Morgan fingerprint density at radius 1 is 0.500 bits per heavy atom. The van der Waals surface area contributed by atoms with Gasteiger partial charge < -0.3 is 5.32 Å². The zero-order chi connectivity index (χ0) is 20.9. The summed E-state index contributed by atoms with van der Waals surface area (Å²) >= 11 is 0. The largest absolute Gasteiger partial charge is 0.385 e. The summed E-state index contributed by atoms with van der Waals surface area (Å²) in [5.41, 5.74) is 1.24. The summed E-state index contributed by atoms with van der Waals surface area (Å²) in [5, 5.41) is 8.69. The Morgan fingerprint density at radius 3 is 1.43 bits per heavy atom. The Kier molecular flexibility index (Phi) is 9.27. The second-order valence-electron chi connectivity index (χ2n) is 7.96. The first-order valence-corrected chi connectivity index (χ1v) is 11.5. The highest BCUT2D eigenvalue weighted by atomic mass is 14.9. The standard InChI is InChI=1S/C15H25N.C14H10/c1-2-3-4-5-6-7-11-14-16-15-12-9-8-10-13-15;1-2-6-12-10-14-8-4-3-7-13(14)9-11(12)5-1/h8-10,12-13,16H,2-7,11,14H2,1H3;1-10H. The van der Waals surface area contributed by atoms with Gasteiger partial charge in [-0.25, -0.2) is 0 Å². The maximum atomic E-state index is 3.45. The van der Waals surface area contributed by atoms with E-state index in [1.165, 1.54) is 72.2 Å². The molecule has 0 amide bonds. The Hall–Kier alpha value is -2.80. The van der Waals surface area contributed by atoms with Crippen LogP contribution in [0, 0.1) is 0 Å². The molecule has 4 aromatic carbocycles. The zero-order valence-corrected chi connectivity index (χ0v) is 18.3. The van der Waals surface area contributed by atoms with E-state index in [2.05, 4.69) is 103 Å². The van der Waals surface area contributed by atoms with E-state index >= 15 is 0 Å². The molecule has 30 heavy (non-hydrogen) atoms. The van der Waals surface area contributed by atoms with Crippen LogP contribution in [0.4, 0.5) is 5.69 Å². The highest BCUT2D eigenvalue weighted by Crippen LogP contribution is 2.22. The average molecular weight is 398 g/mol. The first-order valence-electron chi connectivity index (χ1n) is 11.5. The van der Waals surface area contributed by atoms with Gasteiger partial charge in [0, 0.05) is 12.2 Å². The Balaban J connectivity index is 0.000000171. The molecular weight excluding hydrogens is 362 g/mol. The van der Waals surface area contributed by atoms with Crippen LogP contribution < -0.4 is 5.32 Å². The predicted molar refractivity (Wildman–Crippen MR) is 134 cm³/mol. The van der Waals surface area contributed by atoms with Crippen LogP contribution in [0.3, 0.4) is 0 Å². The smallest absolute Gasteiger partial charge is 0.0340 e. The Labute approximate surface area is 182 Å². The summed E-state index contributed by atoms with van der Waals surface area (Å²) < 4.78 is 0. The van der Waals surface area contributed by atoms with Crippen molar-refractivity contribution in [1.29, 1.82) is 0 Å². The average Bonchev–Trinajstić information content (AvgIpc) is 2.80. The van der Waals surface area contributed by atoms with Crippen LogP contribution in [0.25, 0.3) is 21.5 Å². The lowest BCUT2D eigenvalue weighted by Crippen LogP contribution is -2.00. The number of para-hydroxylation sites is 1. The van der Waals surface area contributed by atoms with Crippen molar-refractivity contribution in [3.8, 4) is 0 Å². The van der Waals surface area contributed by atoms with Gasteiger partial charge in [0.1, 0.15) is 0 Å². The van der Waals surface area contributed by atoms with Crippen LogP contribution in [-0.2, 0) is 0 Å². The molecule has 0 spiro atoms. The maximum absolute atomic E-state index is 3.45. The second kappa shape index (κ2) is 12.7. The molecule has 0 unspecified atom stereocenters. The predicted octanol–water partition coefficient (Wildman–Crippen LogP) is 8.84. The minimum atomic E-state index is 1.11. The van der Waals surface area contributed by atoms with Gasteiger partial charge >= 0.3 is 0 Å². The fourth-order valence-electron chi connectivity index (χ4n) is 3.75. The van der Waals surface area contributed by atoms with Gasteiger partial charge in [-0.1, -0.05) is 112 Å². The molecular formula is C29H35N. The summed E-state index contributed by atoms with van der Waals surface area (Å²) in [4.78, 5) is 0. The van der Waals surface area contributed by atoms with Crippen LogP contribution in [-0.4, -0.2) is 6.54 Å². The van der Waals surface area contributed by atoms with Gasteiger partial charge in [-0.05, 0) is 52.2 Å². The fourth-order valence-corrected chi connectivity index (χ4v) is 3.75. The van der Waals surface area contributed by atoms with Crippen molar-refractivity contribution >= 4 is 27.2 Å². The van der Waals surface area contributed by atoms with E-state index in [9.17, 15) is 0 Å². The minimum absolute atomic E-state index is 1.11. The van der Waals surface area contributed by atoms with E-state index in [4.69, 9.17) is 0 Å². The number of nitrogens with one attached hydrogen (secondary N) is 1. The number of hydrogen-bond donors (Lipinski definition) is 1. The molecule has 0 aromatic heterocycles. The summed E-state index contributed by atoms with van der Waals surface area (Å²) in [7, 11) is 0. The minimum Gasteiger partial charge on any atom is -0.385 e. The molecule has 0 aliphatic rings. The van der Waals surface area contributed by atoms with E-state index in [0.29, 0.717) is 0 Å². The quantitative estimate of drug-likeness (QED) is 0.220. The highest BCUT2D eigenvalue weighted by Gasteiger charge is 1.95. The molecule has 0 saturated heterocycles. The van der Waals surface area contributed by atoms with E-state index < -0.39 is 0 Å². The molecule has 1 heteroatoms. The Bertz CT molecular complexity index is 885. The molecule has 156 valence electrons. The normalized spacial score (nSPS) is 10.6. The van der Waals surface area contributed by atoms with Gasteiger partial charge in [-0.3, -0.25) is 0 Å². The summed E-state index contributed by atoms with van der Waals surface area (Å²) in [6.45, 7) is 3.38. The second-order valence-corrected chi connectivity index (χ2v) is 7.96. The van der Waals surface area contributed by atoms with Gasteiger partial charge in [-0.2, -0.15) is 0 Å². The van der Waals surface area contributed by atoms with Crippen molar-refractivity contribution in [2.75, 3.05) is 11.9 Å². The van der Waals surface area contributed by atoms with Crippen molar-refractivity contribution in [1.82, 2.24) is 0 Å². The molecule has 1 nitrogen and oxygen atoms in total. The van der Waals surface area contributed by atoms with Crippen molar-refractivity contribution in [2.45, 2.75) is 51.9 Å². The van der Waals surface area contributed by atoms with Gasteiger partial charge in [0.15, 0.2) is 0 Å². The van der Waals surface area contributed by atoms with Crippen molar-refractivity contribution in [3.63, 3.8) is 0 Å². The monoisotopic (exact) mass is 397 g/mol. The molecule has 1 N–H and O–H groups in total. The topological polar surface area (TPSA) is 12.0 Å². The van der Waals surface area contributed by atoms with Gasteiger partial charge in [-0.15, -0.1) is 0 Å². The van der Waals surface area contributed by atoms with E-state index in [1.54, 1.807) is 0 Å². The van der Waals surface area contributed by atoms with Crippen LogP contribution >= 0.6 is 0 Å². The Morgan fingerprint density at radius 2 is 0.933 bits per heavy atom. The lowest BCUT2D eigenvalue weighted by molar-refractivity contribution is 0.596. The van der Waals surface area contributed by atoms with E-state index in [0.717, 1.165) is 6.54 Å². The summed E-state index contributed by atoms with van der Waals surface area (Å²) in [5.74, 6) is 0. The fraction of sp³-hybridized carbons (Fsp3) is 0.310. The molecule has 0 radical (unpaired) electrons. The number of hydrogen-bond acceptors (Lipinski definition) is 1. The number of unbranched alkanes of at least 4 members (excludes halogenated alkanes) is 6. The lowest BCUT2D eigenvalue weighted by Gasteiger charge is -2.05. The van der Waals surface area contributed by atoms with Gasteiger partial charge in [0.25, 0.3) is 0 Å². The van der Waals surface area contributed by atoms with E-state index in [-0.39, 0.29) is 0 Å². The maximum Gasteiger partial charge on any atom is 0.0340 e. The SMILES string of the molecule is CCCCCCCCCNc1ccccc1.c1ccc2cc3ccccc3cc2c1. The van der Waals surface area contributed by atoms with Gasteiger partial charge in [0.05, 0.1) is 0 Å².